The van der Waals surface area contributed by atoms with Gasteiger partial charge in [0.05, 0.1) is 11.2 Å². The first-order chi connectivity index (χ1) is 4.97. The Morgan fingerprint density at radius 2 is 2.09 bits per heavy atom. The third kappa shape index (κ3) is 1.93. The molecule has 0 aliphatic carbocycles. The van der Waals surface area contributed by atoms with Gasteiger partial charge in [-0.05, 0) is 27.2 Å². The first-order valence-corrected chi connectivity index (χ1v) is 3.99. The van der Waals surface area contributed by atoms with Crippen LogP contribution in [0.4, 0.5) is 0 Å². The SMILES string of the molecule is C=C[C@@]1(C)CC=CC(C)(C)O1. The maximum atomic E-state index is 5.81. The van der Waals surface area contributed by atoms with E-state index >= 15 is 0 Å². The van der Waals surface area contributed by atoms with Crippen LogP contribution in [0.3, 0.4) is 0 Å². The molecule has 0 fully saturated rings. The number of hydrogen-bond acceptors (Lipinski definition) is 1. The van der Waals surface area contributed by atoms with Gasteiger partial charge in [-0.1, -0.05) is 18.2 Å². The molecule has 0 aromatic heterocycles. The molecule has 1 heteroatoms. The molecular formula is C10H16O. The van der Waals surface area contributed by atoms with Gasteiger partial charge in [-0.15, -0.1) is 6.58 Å². The molecule has 0 aromatic carbocycles. The van der Waals surface area contributed by atoms with Crippen LogP contribution in [0.2, 0.25) is 0 Å². The van der Waals surface area contributed by atoms with E-state index in [1.54, 1.807) is 0 Å². The van der Waals surface area contributed by atoms with Crippen molar-refractivity contribution in [2.45, 2.75) is 38.4 Å². The van der Waals surface area contributed by atoms with E-state index in [9.17, 15) is 0 Å². The second-order valence-electron chi connectivity index (χ2n) is 3.83. The van der Waals surface area contributed by atoms with Crippen LogP contribution in [0.5, 0.6) is 0 Å². The van der Waals surface area contributed by atoms with Gasteiger partial charge in [-0.2, -0.15) is 0 Å². The first kappa shape index (κ1) is 8.54. The average Bonchev–Trinajstić information content (AvgIpc) is 1.85. The summed E-state index contributed by atoms with van der Waals surface area (Å²) >= 11 is 0. The Balaban J connectivity index is 2.80. The Kier molecular flexibility index (Phi) is 1.93. The summed E-state index contributed by atoms with van der Waals surface area (Å²) in [7, 11) is 0. The van der Waals surface area contributed by atoms with Crippen LogP contribution in [-0.4, -0.2) is 11.2 Å². The molecule has 1 aliphatic heterocycles. The van der Waals surface area contributed by atoms with Crippen molar-refractivity contribution < 1.29 is 4.74 Å². The van der Waals surface area contributed by atoms with Crippen molar-refractivity contribution in [2.75, 3.05) is 0 Å². The molecule has 62 valence electrons. The lowest BCUT2D eigenvalue weighted by molar-refractivity contribution is -0.0853. The summed E-state index contributed by atoms with van der Waals surface area (Å²) in [5, 5.41) is 0. The lowest BCUT2D eigenvalue weighted by Crippen LogP contribution is -2.38. The van der Waals surface area contributed by atoms with Gasteiger partial charge >= 0.3 is 0 Å². The van der Waals surface area contributed by atoms with Crippen LogP contribution < -0.4 is 0 Å². The fraction of sp³-hybridized carbons (Fsp3) is 0.600. The molecule has 1 nitrogen and oxygen atoms in total. The van der Waals surface area contributed by atoms with Gasteiger partial charge in [0.2, 0.25) is 0 Å². The number of ether oxygens (including phenoxy) is 1. The lowest BCUT2D eigenvalue weighted by Gasteiger charge is -2.37. The van der Waals surface area contributed by atoms with E-state index in [0.29, 0.717) is 0 Å². The Morgan fingerprint density at radius 1 is 1.45 bits per heavy atom. The van der Waals surface area contributed by atoms with Crippen LogP contribution >= 0.6 is 0 Å². The molecule has 1 atom stereocenters. The summed E-state index contributed by atoms with van der Waals surface area (Å²) in [6, 6.07) is 0. The highest BCUT2D eigenvalue weighted by Gasteiger charge is 2.31. The highest BCUT2D eigenvalue weighted by molar-refractivity contribution is 5.11. The molecule has 0 N–H and O–H groups in total. The minimum absolute atomic E-state index is 0.138. The normalized spacial score (nSPS) is 35.2. The van der Waals surface area contributed by atoms with Crippen molar-refractivity contribution in [2.24, 2.45) is 0 Å². The van der Waals surface area contributed by atoms with Crippen molar-refractivity contribution in [3.63, 3.8) is 0 Å². The van der Waals surface area contributed by atoms with E-state index in [-0.39, 0.29) is 11.2 Å². The molecule has 1 aliphatic rings. The largest absolute Gasteiger partial charge is 0.361 e. The molecule has 1 rings (SSSR count). The van der Waals surface area contributed by atoms with Crippen LogP contribution in [0.1, 0.15) is 27.2 Å². The Morgan fingerprint density at radius 3 is 2.45 bits per heavy atom. The number of rotatable bonds is 1. The van der Waals surface area contributed by atoms with E-state index in [2.05, 4.69) is 39.5 Å². The molecule has 0 saturated heterocycles. The smallest absolute Gasteiger partial charge is 0.0877 e. The fourth-order valence-electron chi connectivity index (χ4n) is 1.38. The van der Waals surface area contributed by atoms with E-state index in [1.165, 1.54) is 0 Å². The van der Waals surface area contributed by atoms with Crippen LogP contribution in [-0.2, 0) is 4.74 Å². The third-order valence-electron chi connectivity index (χ3n) is 1.97. The maximum Gasteiger partial charge on any atom is 0.0877 e. The zero-order valence-electron chi connectivity index (χ0n) is 7.55. The second kappa shape index (κ2) is 2.49. The van der Waals surface area contributed by atoms with E-state index in [1.807, 2.05) is 6.08 Å². The van der Waals surface area contributed by atoms with Crippen molar-refractivity contribution in [1.82, 2.24) is 0 Å². The van der Waals surface area contributed by atoms with Crippen molar-refractivity contribution in [1.29, 1.82) is 0 Å². The Hall–Kier alpha value is -0.560. The summed E-state index contributed by atoms with van der Waals surface area (Å²) in [6.07, 6.45) is 7.06. The monoisotopic (exact) mass is 152 g/mol. The predicted molar refractivity (Wildman–Crippen MR) is 47.5 cm³/mol. The molecule has 11 heavy (non-hydrogen) atoms. The quantitative estimate of drug-likeness (QED) is 0.525. The molecule has 0 radical (unpaired) electrons. The zero-order chi connectivity index (χ0) is 8.54. The Labute approximate surface area is 68.8 Å². The molecular weight excluding hydrogens is 136 g/mol. The van der Waals surface area contributed by atoms with Gasteiger partial charge in [0.25, 0.3) is 0 Å². The van der Waals surface area contributed by atoms with Crippen molar-refractivity contribution in [3.05, 3.63) is 24.8 Å². The molecule has 0 saturated carbocycles. The molecule has 0 aromatic rings. The van der Waals surface area contributed by atoms with Crippen molar-refractivity contribution >= 4 is 0 Å². The van der Waals surface area contributed by atoms with Gasteiger partial charge in [-0.25, -0.2) is 0 Å². The first-order valence-electron chi connectivity index (χ1n) is 3.99. The predicted octanol–water partition coefficient (Wildman–Crippen LogP) is 2.69. The summed E-state index contributed by atoms with van der Waals surface area (Å²) in [6.45, 7) is 9.94. The highest BCUT2D eigenvalue weighted by Crippen LogP contribution is 2.30. The molecule has 0 spiro atoms. The van der Waals surface area contributed by atoms with Gasteiger partial charge in [0.15, 0.2) is 0 Å². The maximum absolute atomic E-state index is 5.81. The molecule has 0 unspecified atom stereocenters. The van der Waals surface area contributed by atoms with E-state index in [4.69, 9.17) is 4.74 Å². The third-order valence-corrected chi connectivity index (χ3v) is 1.97. The fourth-order valence-corrected chi connectivity index (χ4v) is 1.38. The lowest BCUT2D eigenvalue weighted by atomic mass is 9.94. The summed E-state index contributed by atoms with van der Waals surface area (Å²) in [4.78, 5) is 0. The zero-order valence-corrected chi connectivity index (χ0v) is 7.55. The minimum Gasteiger partial charge on any atom is -0.361 e. The van der Waals surface area contributed by atoms with Crippen molar-refractivity contribution in [3.8, 4) is 0 Å². The molecule has 0 bridgehead atoms. The number of hydrogen-bond donors (Lipinski definition) is 0. The minimum atomic E-state index is -0.168. The van der Waals surface area contributed by atoms with Crippen LogP contribution in [0.25, 0.3) is 0 Å². The van der Waals surface area contributed by atoms with Gasteiger partial charge < -0.3 is 4.74 Å². The molecule has 1 heterocycles. The summed E-state index contributed by atoms with van der Waals surface area (Å²) in [5.74, 6) is 0. The second-order valence-corrected chi connectivity index (χ2v) is 3.83. The highest BCUT2D eigenvalue weighted by atomic mass is 16.5. The van der Waals surface area contributed by atoms with Gasteiger partial charge in [0.1, 0.15) is 0 Å². The topological polar surface area (TPSA) is 9.23 Å². The standard InChI is InChI=1S/C10H16O/c1-5-10(4)8-6-7-9(2,3)11-10/h5-7H,1,8H2,2-4H3/t10-/m0/s1. The Bertz CT molecular complexity index is 191. The van der Waals surface area contributed by atoms with Gasteiger partial charge in [-0.3, -0.25) is 0 Å². The van der Waals surface area contributed by atoms with E-state index < -0.39 is 0 Å². The molecule has 0 amide bonds. The summed E-state index contributed by atoms with van der Waals surface area (Å²) < 4.78 is 5.81. The summed E-state index contributed by atoms with van der Waals surface area (Å²) in [5.41, 5.74) is -0.306. The van der Waals surface area contributed by atoms with Crippen LogP contribution in [0.15, 0.2) is 24.8 Å². The van der Waals surface area contributed by atoms with Crippen LogP contribution in [0, 0.1) is 0 Å². The average molecular weight is 152 g/mol. The van der Waals surface area contributed by atoms with E-state index in [0.717, 1.165) is 6.42 Å². The van der Waals surface area contributed by atoms with Gasteiger partial charge in [0, 0.05) is 0 Å².